The van der Waals surface area contributed by atoms with Crippen molar-refractivity contribution in [1.82, 2.24) is 10.2 Å². The van der Waals surface area contributed by atoms with Crippen LogP contribution in [0.3, 0.4) is 0 Å². The highest BCUT2D eigenvalue weighted by Crippen LogP contribution is 2.25. The van der Waals surface area contributed by atoms with Crippen LogP contribution in [-0.2, 0) is 26.2 Å². The molecule has 0 saturated carbocycles. The van der Waals surface area contributed by atoms with E-state index in [0.29, 0.717) is 27.7 Å². The topological polar surface area (TPSA) is 86.8 Å². The number of sulfonamides is 1. The maximum Gasteiger partial charge on any atom is 0.243 e. The third-order valence-electron chi connectivity index (χ3n) is 6.67. The van der Waals surface area contributed by atoms with Crippen molar-refractivity contribution < 1.29 is 18.0 Å². The van der Waals surface area contributed by atoms with Crippen molar-refractivity contribution in [3.8, 4) is 0 Å². The number of anilines is 1. The summed E-state index contributed by atoms with van der Waals surface area (Å²) in [7, 11) is -3.56. The van der Waals surface area contributed by atoms with Crippen molar-refractivity contribution in [2.24, 2.45) is 0 Å². The molecule has 0 spiro atoms. The van der Waals surface area contributed by atoms with Crippen molar-refractivity contribution in [3.63, 3.8) is 0 Å². The summed E-state index contributed by atoms with van der Waals surface area (Å²) in [6, 6.07) is 9.80. The van der Waals surface area contributed by atoms with Gasteiger partial charge in [-0.1, -0.05) is 49.2 Å². The molecule has 1 N–H and O–H groups in total. The molecule has 10 heteroatoms. The van der Waals surface area contributed by atoms with Gasteiger partial charge in [-0.3, -0.25) is 13.9 Å². The van der Waals surface area contributed by atoms with Gasteiger partial charge in [-0.15, -0.1) is 0 Å². The van der Waals surface area contributed by atoms with E-state index < -0.39 is 16.1 Å². The second-order valence-electron chi connectivity index (χ2n) is 9.71. The predicted octanol–water partition coefficient (Wildman–Crippen LogP) is 5.88. The number of carbonyl (C=O) groups excluding carboxylic acids is 2. The molecule has 0 fully saturated rings. The van der Waals surface area contributed by atoms with E-state index in [1.807, 2.05) is 46.8 Å². The Kier molecular flexibility index (Phi) is 11.9. The maximum absolute atomic E-state index is 13.6. The van der Waals surface area contributed by atoms with Gasteiger partial charge in [-0.2, -0.15) is 0 Å². The van der Waals surface area contributed by atoms with Crippen LogP contribution in [-0.4, -0.2) is 50.0 Å². The van der Waals surface area contributed by atoms with Crippen LogP contribution < -0.4 is 9.62 Å². The summed E-state index contributed by atoms with van der Waals surface area (Å²) < 4.78 is 26.5. The van der Waals surface area contributed by atoms with Crippen LogP contribution in [0.5, 0.6) is 0 Å². The van der Waals surface area contributed by atoms with Crippen molar-refractivity contribution in [3.05, 3.63) is 63.1 Å². The minimum absolute atomic E-state index is 0.0334. The quantitative estimate of drug-likeness (QED) is 0.319. The summed E-state index contributed by atoms with van der Waals surface area (Å²) in [4.78, 5) is 28.2. The highest BCUT2D eigenvalue weighted by Gasteiger charge is 2.30. The molecule has 2 aromatic carbocycles. The van der Waals surface area contributed by atoms with Crippen LogP contribution in [0.4, 0.5) is 5.69 Å². The Hall–Kier alpha value is -2.29. The molecule has 0 aliphatic heterocycles. The van der Waals surface area contributed by atoms with Gasteiger partial charge in [0.2, 0.25) is 21.8 Å². The smallest absolute Gasteiger partial charge is 0.243 e. The normalized spacial score (nSPS) is 13.1. The van der Waals surface area contributed by atoms with Gasteiger partial charge >= 0.3 is 0 Å². The fraction of sp³-hybridized carbons (Fsp3) is 0.500. The van der Waals surface area contributed by atoms with Crippen LogP contribution in [0, 0.1) is 13.8 Å². The first-order valence-corrected chi connectivity index (χ1v) is 15.5. The van der Waals surface area contributed by atoms with Gasteiger partial charge in [0.25, 0.3) is 0 Å². The standard InChI is InChI=1S/C28H39Cl2N3O4S/c1-7-21(5)31-28(35)26(8-2)32(18-22-12-13-23(29)17-25(22)30)27(34)10-9-15-33(38(6,36)37)24-14-11-19(3)20(4)16-24/h11-14,16-17,21,26H,7-10,15,18H2,1-6H3,(H,31,35)/t21-,26+/m1/s1. The minimum Gasteiger partial charge on any atom is -0.352 e. The number of hydrogen-bond acceptors (Lipinski definition) is 4. The number of nitrogens with zero attached hydrogens (tertiary/aromatic N) is 2. The number of halogens is 2. The Morgan fingerprint density at radius 3 is 2.24 bits per heavy atom. The molecule has 0 aliphatic carbocycles. The van der Waals surface area contributed by atoms with Crippen molar-refractivity contribution in [2.45, 2.75) is 78.9 Å². The Morgan fingerprint density at radius 1 is 1.00 bits per heavy atom. The summed E-state index contributed by atoms with van der Waals surface area (Å²) in [5.74, 6) is -0.483. The van der Waals surface area contributed by atoms with Crippen molar-refractivity contribution in [2.75, 3.05) is 17.1 Å². The third kappa shape index (κ3) is 8.89. The number of aryl methyl sites for hydroxylation is 2. The molecule has 0 unspecified atom stereocenters. The van der Waals surface area contributed by atoms with Crippen LogP contribution in [0.2, 0.25) is 10.0 Å². The lowest BCUT2D eigenvalue weighted by molar-refractivity contribution is -0.141. The Morgan fingerprint density at radius 2 is 1.68 bits per heavy atom. The summed E-state index contributed by atoms with van der Waals surface area (Å²) in [6.07, 6.45) is 2.68. The highest BCUT2D eigenvalue weighted by molar-refractivity contribution is 7.92. The molecule has 0 bridgehead atoms. The Labute approximate surface area is 237 Å². The third-order valence-corrected chi connectivity index (χ3v) is 8.45. The number of hydrogen-bond donors (Lipinski definition) is 1. The molecule has 0 radical (unpaired) electrons. The van der Waals surface area contributed by atoms with E-state index in [4.69, 9.17) is 23.2 Å². The molecular formula is C28H39Cl2N3O4S. The second kappa shape index (κ2) is 14.2. The van der Waals surface area contributed by atoms with Gasteiger partial charge in [0.05, 0.1) is 11.9 Å². The molecule has 2 amide bonds. The van der Waals surface area contributed by atoms with Gasteiger partial charge in [0.1, 0.15) is 6.04 Å². The molecule has 0 aliphatic rings. The van der Waals surface area contributed by atoms with Crippen molar-refractivity contribution >= 4 is 50.7 Å². The number of nitrogens with one attached hydrogen (secondary N) is 1. The SMILES string of the molecule is CC[C@@H](C)NC(=O)[C@H](CC)N(Cc1ccc(Cl)cc1Cl)C(=O)CCCN(c1ccc(C)c(C)c1)S(C)(=O)=O. The first-order valence-electron chi connectivity index (χ1n) is 12.9. The molecule has 0 saturated heterocycles. The van der Waals surface area contributed by atoms with Crippen LogP contribution in [0.15, 0.2) is 36.4 Å². The zero-order chi connectivity index (χ0) is 28.6. The van der Waals surface area contributed by atoms with E-state index >= 15 is 0 Å². The number of rotatable bonds is 13. The lowest BCUT2D eigenvalue weighted by Gasteiger charge is -2.32. The first-order chi connectivity index (χ1) is 17.8. The number of carbonyl (C=O) groups is 2. The van der Waals surface area contributed by atoms with Crippen LogP contribution in [0.25, 0.3) is 0 Å². The molecule has 2 atom stereocenters. The van der Waals surface area contributed by atoms with Gasteiger partial charge < -0.3 is 10.2 Å². The Bertz CT molecular complexity index is 1240. The molecule has 210 valence electrons. The average molecular weight is 585 g/mol. The molecule has 7 nitrogen and oxygen atoms in total. The van der Waals surface area contributed by atoms with Gasteiger partial charge in [-0.25, -0.2) is 8.42 Å². The van der Waals surface area contributed by atoms with Gasteiger partial charge in [0, 0.05) is 35.6 Å². The van der Waals surface area contributed by atoms with E-state index in [2.05, 4.69) is 5.32 Å². The van der Waals surface area contributed by atoms with E-state index in [1.165, 1.54) is 9.21 Å². The summed E-state index contributed by atoms with van der Waals surface area (Å²) >= 11 is 12.5. The number of amides is 2. The van der Waals surface area contributed by atoms with E-state index in [0.717, 1.165) is 23.8 Å². The van der Waals surface area contributed by atoms with Crippen LogP contribution >= 0.6 is 23.2 Å². The molecule has 0 aromatic heterocycles. The van der Waals surface area contributed by atoms with Crippen LogP contribution in [0.1, 0.15) is 63.1 Å². The molecular weight excluding hydrogens is 545 g/mol. The monoisotopic (exact) mass is 583 g/mol. The van der Waals surface area contributed by atoms with Crippen molar-refractivity contribution in [1.29, 1.82) is 0 Å². The largest absolute Gasteiger partial charge is 0.352 e. The number of benzene rings is 2. The maximum atomic E-state index is 13.6. The molecule has 38 heavy (non-hydrogen) atoms. The van der Waals surface area contributed by atoms with Gasteiger partial charge in [0.15, 0.2) is 0 Å². The summed E-state index contributed by atoms with van der Waals surface area (Å²) in [6.45, 7) is 9.91. The molecule has 2 rings (SSSR count). The van der Waals surface area contributed by atoms with E-state index in [9.17, 15) is 18.0 Å². The predicted molar refractivity (Wildman–Crippen MR) is 156 cm³/mol. The van der Waals surface area contributed by atoms with Gasteiger partial charge in [-0.05, 0) is 81.0 Å². The fourth-order valence-electron chi connectivity index (χ4n) is 4.08. The molecule has 2 aromatic rings. The van der Waals surface area contributed by atoms with E-state index in [1.54, 1.807) is 24.3 Å². The Balaban J connectivity index is 2.28. The van der Waals surface area contributed by atoms with E-state index in [-0.39, 0.29) is 43.8 Å². The lowest BCUT2D eigenvalue weighted by atomic mass is 10.1. The lowest BCUT2D eigenvalue weighted by Crippen LogP contribution is -2.50. The minimum atomic E-state index is -3.56. The summed E-state index contributed by atoms with van der Waals surface area (Å²) in [5.41, 5.74) is 3.28. The second-order valence-corrected chi connectivity index (χ2v) is 12.5. The molecule has 0 heterocycles. The fourth-order valence-corrected chi connectivity index (χ4v) is 5.50. The first kappa shape index (κ1) is 31.9. The highest BCUT2D eigenvalue weighted by atomic mass is 35.5. The zero-order valence-electron chi connectivity index (χ0n) is 23.1. The summed E-state index contributed by atoms with van der Waals surface area (Å²) in [5, 5.41) is 3.86. The zero-order valence-corrected chi connectivity index (χ0v) is 25.4. The average Bonchev–Trinajstić information content (AvgIpc) is 2.83.